The van der Waals surface area contributed by atoms with E-state index >= 15 is 0 Å². The summed E-state index contributed by atoms with van der Waals surface area (Å²) in [4.78, 5) is 13.1. The molecule has 0 bridgehead atoms. The van der Waals surface area contributed by atoms with Gasteiger partial charge in [0.15, 0.2) is 0 Å². The second-order valence-corrected chi connectivity index (χ2v) is 4.42. The Hall–Kier alpha value is -2.17. The molecule has 2 rings (SSSR count). The molecule has 0 spiro atoms. The van der Waals surface area contributed by atoms with Crippen molar-refractivity contribution >= 4 is 5.95 Å². The maximum atomic E-state index is 5.42. The second kappa shape index (κ2) is 6.84. The Bertz CT molecular complexity index is 572. The third-order valence-corrected chi connectivity index (χ3v) is 2.90. The van der Waals surface area contributed by atoms with Crippen LogP contribution in [0.1, 0.15) is 30.8 Å². The predicted molar refractivity (Wildman–Crippen MR) is 78.9 cm³/mol. The normalized spacial score (nSPS) is 10.3. The molecule has 0 aliphatic rings. The highest BCUT2D eigenvalue weighted by molar-refractivity contribution is 5.32. The van der Waals surface area contributed by atoms with Crippen molar-refractivity contribution in [2.45, 2.75) is 33.7 Å². The minimum atomic E-state index is 0.571. The van der Waals surface area contributed by atoms with Crippen molar-refractivity contribution in [1.29, 1.82) is 0 Å². The lowest BCUT2D eigenvalue weighted by atomic mass is 10.1. The highest BCUT2D eigenvalue weighted by Crippen LogP contribution is 2.13. The van der Waals surface area contributed by atoms with Gasteiger partial charge in [-0.05, 0) is 31.9 Å². The Morgan fingerprint density at radius 2 is 2.10 bits per heavy atom. The highest BCUT2D eigenvalue weighted by Gasteiger charge is 2.05. The quantitative estimate of drug-likeness (QED) is 0.876. The van der Waals surface area contributed by atoms with Crippen LogP contribution in [0.2, 0.25) is 0 Å². The van der Waals surface area contributed by atoms with Gasteiger partial charge in [0.25, 0.3) is 0 Å². The molecule has 2 heterocycles. The summed E-state index contributed by atoms with van der Waals surface area (Å²) in [5, 5.41) is 3.21. The van der Waals surface area contributed by atoms with Crippen molar-refractivity contribution in [3.05, 3.63) is 41.3 Å². The molecule has 0 atom stereocenters. The van der Waals surface area contributed by atoms with Crippen LogP contribution in [0.4, 0.5) is 5.95 Å². The van der Waals surface area contributed by atoms with Gasteiger partial charge in [0, 0.05) is 18.0 Å². The summed E-state index contributed by atoms with van der Waals surface area (Å²) in [6.45, 7) is 7.19. The summed E-state index contributed by atoms with van der Waals surface area (Å²) < 4.78 is 5.42. The maximum absolute atomic E-state index is 5.42. The average molecular weight is 272 g/mol. The van der Waals surface area contributed by atoms with Crippen molar-refractivity contribution < 1.29 is 4.74 Å². The summed E-state index contributed by atoms with van der Waals surface area (Å²) in [5.41, 5.74) is 3.14. The zero-order chi connectivity index (χ0) is 14.4. The van der Waals surface area contributed by atoms with Crippen molar-refractivity contribution in [2.24, 2.45) is 0 Å². The first-order valence-corrected chi connectivity index (χ1v) is 6.88. The molecule has 0 aliphatic carbocycles. The number of ether oxygens (including phenoxy) is 1. The molecular formula is C15H20N4O. The minimum absolute atomic E-state index is 0.571. The maximum Gasteiger partial charge on any atom is 0.226 e. The summed E-state index contributed by atoms with van der Waals surface area (Å²) in [7, 11) is 0. The number of aromatic nitrogens is 3. The SMILES string of the molecule is CCOc1cc(C)nc(NCc2ncccc2CC)n1. The van der Waals surface area contributed by atoms with Crippen molar-refractivity contribution in [3.63, 3.8) is 0 Å². The van der Waals surface area contributed by atoms with Gasteiger partial charge in [-0.1, -0.05) is 13.0 Å². The van der Waals surface area contributed by atoms with Gasteiger partial charge in [0.1, 0.15) is 0 Å². The number of aryl methyl sites for hydroxylation is 2. The molecule has 0 unspecified atom stereocenters. The van der Waals surface area contributed by atoms with Gasteiger partial charge in [0.05, 0.1) is 18.8 Å². The zero-order valence-corrected chi connectivity index (χ0v) is 12.2. The number of pyridine rings is 1. The summed E-state index contributed by atoms with van der Waals surface area (Å²) >= 11 is 0. The lowest BCUT2D eigenvalue weighted by Crippen LogP contribution is -2.09. The molecule has 0 aromatic carbocycles. The first-order valence-electron chi connectivity index (χ1n) is 6.88. The van der Waals surface area contributed by atoms with Crippen molar-refractivity contribution in [1.82, 2.24) is 15.0 Å². The van der Waals surface area contributed by atoms with Gasteiger partial charge in [-0.3, -0.25) is 4.98 Å². The van der Waals surface area contributed by atoms with Gasteiger partial charge in [0.2, 0.25) is 11.8 Å². The van der Waals surface area contributed by atoms with Crippen LogP contribution in [0, 0.1) is 6.92 Å². The van der Waals surface area contributed by atoms with Crippen LogP contribution in [0.15, 0.2) is 24.4 Å². The van der Waals surface area contributed by atoms with Crippen molar-refractivity contribution in [2.75, 3.05) is 11.9 Å². The van der Waals surface area contributed by atoms with Gasteiger partial charge in [-0.15, -0.1) is 0 Å². The van der Waals surface area contributed by atoms with Crippen LogP contribution in [0.5, 0.6) is 5.88 Å². The molecule has 0 fully saturated rings. The smallest absolute Gasteiger partial charge is 0.226 e. The Morgan fingerprint density at radius 1 is 1.25 bits per heavy atom. The topological polar surface area (TPSA) is 59.9 Å². The van der Waals surface area contributed by atoms with Gasteiger partial charge in [-0.2, -0.15) is 4.98 Å². The van der Waals surface area contributed by atoms with Crippen LogP contribution >= 0.6 is 0 Å². The Balaban J connectivity index is 2.10. The Morgan fingerprint density at radius 3 is 2.85 bits per heavy atom. The fourth-order valence-electron chi connectivity index (χ4n) is 1.96. The second-order valence-electron chi connectivity index (χ2n) is 4.42. The van der Waals surface area contributed by atoms with Crippen LogP contribution < -0.4 is 10.1 Å². The van der Waals surface area contributed by atoms with E-state index in [1.54, 1.807) is 6.20 Å². The van der Waals surface area contributed by atoms with Crippen LogP contribution in [0.3, 0.4) is 0 Å². The monoisotopic (exact) mass is 272 g/mol. The largest absolute Gasteiger partial charge is 0.478 e. The van der Waals surface area contributed by atoms with E-state index in [0.29, 0.717) is 25.0 Å². The first kappa shape index (κ1) is 14.2. The number of hydrogen-bond donors (Lipinski definition) is 1. The molecule has 20 heavy (non-hydrogen) atoms. The molecule has 2 aromatic rings. The minimum Gasteiger partial charge on any atom is -0.478 e. The summed E-state index contributed by atoms with van der Waals surface area (Å²) in [6, 6.07) is 5.87. The van der Waals surface area contributed by atoms with Crippen LogP contribution in [-0.4, -0.2) is 21.6 Å². The van der Waals surface area contributed by atoms with E-state index in [1.165, 1.54) is 5.56 Å². The lowest BCUT2D eigenvalue weighted by molar-refractivity contribution is 0.326. The van der Waals surface area contributed by atoms with E-state index in [0.717, 1.165) is 17.8 Å². The average Bonchev–Trinajstić information content (AvgIpc) is 2.45. The zero-order valence-electron chi connectivity index (χ0n) is 12.2. The molecule has 0 amide bonds. The van der Waals surface area contributed by atoms with Gasteiger partial charge < -0.3 is 10.1 Å². The fraction of sp³-hybridized carbons (Fsp3) is 0.400. The predicted octanol–water partition coefficient (Wildman–Crippen LogP) is 2.75. The molecule has 106 valence electrons. The molecule has 0 saturated heterocycles. The highest BCUT2D eigenvalue weighted by atomic mass is 16.5. The number of hydrogen-bond acceptors (Lipinski definition) is 5. The van der Waals surface area contributed by atoms with E-state index in [2.05, 4.69) is 33.3 Å². The molecule has 2 aromatic heterocycles. The van der Waals surface area contributed by atoms with Crippen LogP contribution in [-0.2, 0) is 13.0 Å². The molecule has 5 nitrogen and oxygen atoms in total. The molecule has 1 N–H and O–H groups in total. The number of nitrogens with one attached hydrogen (secondary N) is 1. The lowest BCUT2D eigenvalue weighted by Gasteiger charge is -2.10. The van der Waals surface area contributed by atoms with Crippen LogP contribution in [0.25, 0.3) is 0 Å². The molecule has 0 aliphatic heterocycles. The van der Waals surface area contributed by atoms with E-state index in [-0.39, 0.29) is 0 Å². The van der Waals surface area contributed by atoms with E-state index in [4.69, 9.17) is 4.74 Å². The third kappa shape index (κ3) is 3.66. The molecular weight excluding hydrogens is 252 g/mol. The van der Waals surface area contributed by atoms with Gasteiger partial charge >= 0.3 is 0 Å². The van der Waals surface area contributed by atoms with E-state index in [9.17, 15) is 0 Å². The standard InChI is InChI=1S/C15H20N4O/c1-4-12-7-6-8-16-13(12)10-17-15-18-11(3)9-14(19-15)20-5-2/h6-9H,4-5,10H2,1-3H3,(H,17,18,19). The first-order chi connectivity index (χ1) is 9.72. The van der Waals surface area contributed by atoms with Crippen molar-refractivity contribution in [3.8, 4) is 5.88 Å². The summed E-state index contributed by atoms with van der Waals surface area (Å²) in [5.74, 6) is 1.17. The molecule has 5 heteroatoms. The van der Waals surface area contributed by atoms with E-state index in [1.807, 2.05) is 26.0 Å². The molecule has 0 radical (unpaired) electrons. The number of nitrogens with zero attached hydrogens (tertiary/aromatic N) is 3. The Kier molecular flexibility index (Phi) is 4.87. The van der Waals surface area contributed by atoms with E-state index < -0.39 is 0 Å². The fourth-order valence-corrected chi connectivity index (χ4v) is 1.96. The number of rotatable bonds is 6. The Labute approximate surface area is 119 Å². The van der Waals surface area contributed by atoms with Gasteiger partial charge in [-0.25, -0.2) is 4.98 Å². The number of anilines is 1. The summed E-state index contributed by atoms with van der Waals surface area (Å²) in [6.07, 6.45) is 2.77. The molecule has 0 saturated carbocycles. The third-order valence-electron chi connectivity index (χ3n) is 2.90.